The Bertz CT molecular complexity index is 885. The number of benzene rings is 1. The Morgan fingerprint density at radius 1 is 1.31 bits per heavy atom. The quantitative estimate of drug-likeness (QED) is 0.760. The Hall–Kier alpha value is -3.07. The van der Waals surface area contributed by atoms with Crippen LogP contribution in [0.25, 0.3) is 0 Å². The summed E-state index contributed by atoms with van der Waals surface area (Å²) in [6.45, 7) is 5.54. The SMILES string of the molecule is CC(=O)Nc1ccc(C2C(C#N)=C(N)NC3=C2C(=O)CC(C)(C)C3)cc1. The number of dihydropyridines is 1. The van der Waals surface area contributed by atoms with E-state index in [4.69, 9.17) is 5.73 Å². The van der Waals surface area contributed by atoms with E-state index in [9.17, 15) is 14.9 Å². The van der Waals surface area contributed by atoms with Crippen molar-refractivity contribution in [2.75, 3.05) is 5.32 Å². The van der Waals surface area contributed by atoms with Crippen molar-refractivity contribution in [2.24, 2.45) is 11.1 Å². The summed E-state index contributed by atoms with van der Waals surface area (Å²) in [5, 5.41) is 15.4. The van der Waals surface area contributed by atoms with Crippen LogP contribution in [0.1, 0.15) is 45.1 Å². The third-order valence-electron chi connectivity index (χ3n) is 4.76. The Morgan fingerprint density at radius 2 is 1.96 bits per heavy atom. The molecule has 2 aliphatic rings. The monoisotopic (exact) mass is 350 g/mol. The van der Waals surface area contributed by atoms with Crippen molar-refractivity contribution in [2.45, 2.75) is 39.5 Å². The minimum absolute atomic E-state index is 0.0416. The molecular formula is C20H22N4O2. The van der Waals surface area contributed by atoms with Crippen LogP contribution in [0.3, 0.4) is 0 Å². The number of rotatable bonds is 2. The molecule has 1 atom stereocenters. The van der Waals surface area contributed by atoms with Crippen LogP contribution in [0, 0.1) is 16.7 Å². The molecule has 1 amide bonds. The average Bonchev–Trinajstić information content (AvgIpc) is 2.52. The van der Waals surface area contributed by atoms with Gasteiger partial charge in [-0.1, -0.05) is 26.0 Å². The van der Waals surface area contributed by atoms with Crippen LogP contribution in [-0.2, 0) is 9.59 Å². The second-order valence-electron chi connectivity index (χ2n) is 7.63. The fourth-order valence-electron chi connectivity index (χ4n) is 3.73. The smallest absolute Gasteiger partial charge is 0.221 e. The average molecular weight is 350 g/mol. The molecule has 4 N–H and O–H groups in total. The molecule has 1 unspecified atom stereocenters. The summed E-state index contributed by atoms with van der Waals surface area (Å²) in [5.74, 6) is -0.296. The number of ketones is 1. The minimum atomic E-state index is -0.480. The summed E-state index contributed by atoms with van der Waals surface area (Å²) in [5.41, 5.74) is 9.20. The van der Waals surface area contributed by atoms with E-state index in [0.717, 1.165) is 11.3 Å². The van der Waals surface area contributed by atoms with Crippen LogP contribution in [0.4, 0.5) is 5.69 Å². The van der Waals surface area contributed by atoms with Gasteiger partial charge in [0.15, 0.2) is 5.78 Å². The molecule has 0 aromatic heterocycles. The second kappa shape index (κ2) is 6.34. The van der Waals surface area contributed by atoms with Crippen molar-refractivity contribution in [3.8, 4) is 6.07 Å². The highest BCUT2D eigenvalue weighted by molar-refractivity contribution is 6.00. The van der Waals surface area contributed by atoms with Gasteiger partial charge >= 0.3 is 0 Å². The molecule has 1 aromatic carbocycles. The standard InChI is InChI=1S/C20H22N4O2/c1-11(25)23-13-6-4-12(5-7-13)17-14(10-21)19(22)24-15-8-20(2,3)9-16(26)18(15)17/h4-7,17,24H,8-9,22H2,1-3H3,(H,23,25). The Balaban J connectivity index is 2.08. The normalized spacial score (nSPS) is 21.6. The van der Waals surface area contributed by atoms with Gasteiger partial charge in [-0.3, -0.25) is 9.59 Å². The first kappa shape index (κ1) is 17.7. The van der Waals surface area contributed by atoms with Gasteiger partial charge in [0.25, 0.3) is 0 Å². The first-order valence-corrected chi connectivity index (χ1v) is 8.52. The van der Waals surface area contributed by atoms with Gasteiger partial charge in [0.1, 0.15) is 5.82 Å². The van der Waals surface area contributed by atoms with E-state index in [1.807, 2.05) is 26.0 Å². The zero-order valence-electron chi connectivity index (χ0n) is 15.1. The van der Waals surface area contributed by atoms with Crippen molar-refractivity contribution in [1.82, 2.24) is 5.32 Å². The second-order valence-corrected chi connectivity index (χ2v) is 7.63. The van der Waals surface area contributed by atoms with Crippen LogP contribution >= 0.6 is 0 Å². The zero-order valence-corrected chi connectivity index (χ0v) is 15.1. The number of hydrogen-bond donors (Lipinski definition) is 3. The van der Waals surface area contributed by atoms with Crippen LogP contribution in [0.2, 0.25) is 0 Å². The molecule has 6 nitrogen and oxygen atoms in total. The van der Waals surface area contributed by atoms with E-state index < -0.39 is 5.92 Å². The van der Waals surface area contributed by atoms with Crippen molar-refractivity contribution in [3.05, 3.63) is 52.5 Å². The van der Waals surface area contributed by atoms with Crippen molar-refractivity contribution >= 4 is 17.4 Å². The van der Waals surface area contributed by atoms with E-state index in [2.05, 4.69) is 16.7 Å². The number of hydrogen-bond acceptors (Lipinski definition) is 5. The van der Waals surface area contributed by atoms with Gasteiger partial charge in [-0.15, -0.1) is 0 Å². The maximum Gasteiger partial charge on any atom is 0.221 e. The number of Topliss-reactive ketones (excluding diaryl/α,β-unsaturated/α-hetero) is 1. The largest absolute Gasteiger partial charge is 0.384 e. The Morgan fingerprint density at radius 3 is 2.54 bits per heavy atom. The third-order valence-corrected chi connectivity index (χ3v) is 4.76. The van der Waals surface area contributed by atoms with Crippen LogP contribution < -0.4 is 16.4 Å². The number of nitrogens with zero attached hydrogens (tertiary/aromatic N) is 1. The molecule has 0 bridgehead atoms. The van der Waals surface area contributed by atoms with Crippen LogP contribution in [-0.4, -0.2) is 11.7 Å². The van der Waals surface area contributed by atoms with Crippen molar-refractivity contribution in [3.63, 3.8) is 0 Å². The lowest BCUT2D eigenvalue weighted by atomic mass is 9.69. The zero-order chi connectivity index (χ0) is 19.1. The summed E-state index contributed by atoms with van der Waals surface area (Å²) in [7, 11) is 0. The Kier molecular flexibility index (Phi) is 4.33. The molecule has 0 saturated carbocycles. The highest BCUT2D eigenvalue weighted by Gasteiger charge is 2.41. The summed E-state index contributed by atoms with van der Waals surface area (Å²) in [6, 6.07) is 9.34. The molecule has 1 aliphatic heterocycles. The summed E-state index contributed by atoms with van der Waals surface area (Å²) >= 11 is 0. The predicted molar refractivity (Wildman–Crippen MR) is 98.5 cm³/mol. The number of allylic oxidation sites excluding steroid dienone is 3. The summed E-state index contributed by atoms with van der Waals surface area (Å²) in [4.78, 5) is 24.1. The number of nitriles is 1. The molecule has 6 heteroatoms. The molecule has 0 fully saturated rings. The highest BCUT2D eigenvalue weighted by Crippen LogP contribution is 2.45. The first-order chi connectivity index (χ1) is 12.2. The minimum Gasteiger partial charge on any atom is -0.384 e. The fraction of sp³-hybridized carbons (Fsp3) is 0.350. The van der Waals surface area contributed by atoms with E-state index >= 15 is 0 Å². The molecule has 26 heavy (non-hydrogen) atoms. The first-order valence-electron chi connectivity index (χ1n) is 8.52. The molecule has 3 rings (SSSR count). The predicted octanol–water partition coefficient (Wildman–Crippen LogP) is 2.67. The number of amides is 1. The highest BCUT2D eigenvalue weighted by atomic mass is 16.1. The van der Waals surface area contributed by atoms with Crippen LogP contribution in [0.5, 0.6) is 0 Å². The molecule has 0 radical (unpaired) electrons. The lowest BCUT2D eigenvalue weighted by Crippen LogP contribution is -2.39. The molecule has 0 saturated heterocycles. The third kappa shape index (κ3) is 3.21. The van der Waals surface area contributed by atoms with E-state index in [-0.39, 0.29) is 17.1 Å². The van der Waals surface area contributed by atoms with Gasteiger partial charge in [0.05, 0.1) is 17.6 Å². The number of anilines is 1. The molecular weight excluding hydrogens is 328 g/mol. The summed E-state index contributed by atoms with van der Waals surface area (Å²) < 4.78 is 0. The number of carbonyl (C=O) groups is 2. The van der Waals surface area contributed by atoms with Gasteiger partial charge in [-0.25, -0.2) is 0 Å². The van der Waals surface area contributed by atoms with E-state index in [0.29, 0.717) is 35.5 Å². The van der Waals surface area contributed by atoms with Gasteiger partial charge in [-0.05, 0) is 29.5 Å². The maximum absolute atomic E-state index is 12.9. The number of nitrogens with one attached hydrogen (secondary N) is 2. The number of nitrogens with two attached hydrogens (primary N) is 1. The maximum atomic E-state index is 12.9. The molecule has 134 valence electrons. The summed E-state index contributed by atoms with van der Waals surface area (Å²) in [6.07, 6.45) is 1.14. The fourth-order valence-corrected chi connectivity index (χ4v) is 3.73. The topological polar surface area (TPSA) is 108 Å². The van der Waals surface area contributed by atoms with E-state index in [1.54, 1.807) is 12.1 Å². The van der Waals surface area contributed by atoms with E-state index in [1.165, 1.54) is 6.92 Å². The lowest BCUT2D eigenvalue weighted by Gasteiger charge is -2.38. The van der Waals surface area contributed by atoms with Gasteiger partial charge in [0, 0.05) is 30.3 Å². The molecule has 1 aliphatic carbocycles. The van der Waals surface area contributed by atoms with Crippen LogP contribution in [0.15, 0.2) is 46.9 Å². The molecule has 0 spiro atoms. The van der Waals surface area contributed by atoms with Gasteiger partial charge in [-0.2, -0.15) is 5.26 Å². The van der Waals surface area contributed by atoms with Gasteiger partial charge < -0.3 is 16.4 Å². The van der Waals surface area contributed by atoms with Crippen molar-refractivity contribution < 1.29 is 9.59 Å². The Labute approximate surface area is 152 Å². The lowest BCUT2D eigenvalue weighted by molar-refractivity contribution is -0.118. The molecule has 1 aromatic rings. The molecule has 1 heterocycles. The van der Waals surface area contributed by atoms with Gasteiger partial charge in [0.2, 0.25) is 5.91 Å². The number of carbonyl (C=O) groups excluding carboxylic acids is 2. The van der Waals surface area contributed by atoms with Crippen molar-refractivity contribution in [1.29, 1.82) is 5.26 Å².